The van der Waals surface area contributed by atoms with Crippen molar-refractivity contribution in [2.24, 2.45) is 0 Å². The molecule has 9 heteroatoms. The van der Waals surface area contributed by atoms with Crippen LogP contribution in [-0.4, -0.2) is 56.5 Å². The topological polar surface area (TPSA) is 86.1 Å². The lowest BCUT2D eigenvalue weighted by Gasteiger charge is -2.38. The Bertz CT molecular complexity index is 1090. The third-order valence-electron chi connectivity index (χ3n) is 5.21. The van der Waals surface area contributed by atoms with Crippen LogP contribution in [0.15, 0.2) is 35.5 Å². The van der Waals surface area contributed by atoms with Gasteiger partial charge in [0.25, 0.3) is 0 Å². The van der Waals surface area contributed by atoms with E-state index in [1.807, 2.05) is 6.92 Å². The standard InChI is InChI=1S/C19H24N6OS2/c1-13(15-4-5-18-17(10-15)23-14(2)27-18)24-6-8-25(9-7-24)19-21-11-16(12-22-19)28(3,20)26/h4-5,10-13,20H,6-9H2,1-3H3/t13-,28+/m0/s1. The lowest BCUT2D eigenvalue weighted by atomic mass is 10.1. The molecular formula is C19H24N6OS2. The maximum Gasteiger partial charge on any atom is 0.225 e. The Labute approximate surface area is 169 Å². The molecule has 1 aliphatic heterocycles. The molecule has 3 aromatic rings. The molecule has 0 aliphatic carbocycles. The van der Waals surface area contributed by atoms with Gasteiger partial charge in [-0.25, -0.2) is 23.9 Å². The van der Waals surface area contributed by atoms with Gasteiger partial charge in [-0.05, 0) is 31.5 Å². The Morgan fingerprint density at radius 2 is 1.86 bits per heavy atom. The number of benzene rings is 1. The zero-order valence-electron chi connectivity index (χ0n) is 16.3. The molecule has 0 saturated carbocycles. The van der Waals surface area contributed by atoms with Crippen molar-refractivity contribution in [3.8, 4) is 0 Å². The molecule has 1 saturated heterocycles. The van der Waals surface area contributed by atoms with Gasteiger partial charge >= 0.3 is 0 Å². The van der Waals surface area contributed by atoms with Crippen LogP contribution in [0.2, 0.25) is 0 Å². The van der Waals surface area contributed by atoms with Crippen molar-refractivity contribution < 1.29 is 4.21 Å². The summed E-state index contributed by atoms with van der Waals surface area (Å²) in [5, 5.41) is 1.10. The fourth-order valence-corrected chi connectivity index (χ4v) is 4.83. The van der Waals surface area contributed by atoms with Crippen molar-refractivity contribution in [1.82, 2.24) is 19.9 Å². The molecule has 1 N–H and O–H groups in total. The number of nitrogens with one attached hydrogen (secondary N) is 1. The monoisotopic (exact) mass is 416 g/mol. The average molecular weight is 417 g/mol. The Kier molecular flexibility index (Phi) is 5.07. The quantitative estimate of drug-likeness (QED) is 0.702. The number of aryl methyl sites for hydroxylation is 1. The van der Waals surface area contributed by atoms with E-state index in [0.29, 0.717) is 16.9 Å². The number of anilines is 1. The summed E-state index contributed by atoms with van der Waals surface area (Å²) in [6, 6.07) is 6.92. The number of nitrogens with zero attached hydrogens (tertiary/aromatic N) is 5. The molecule has 1 aromatic carbocycles. The van der Waals surface area contributed by atoms with Gasteiger partial charge in [0, 0.05) is 50.9 Å². The second-order valence-corrected chi connectivity index (χ2v) is 10.6. The fraction of sp³-hybridized carbons (Fsp3) is 0.421. The van der Waals surface area contributed by atoms with Crippen molar-refractivity contribution in [3.05, 3.63) is 41.2 Å². The summed E-state index contributed by atoms with van der Waals surface area (Å²) in [5.41, 5.74) is 2.38. The third-order valence-corrected chi connectivity index (χ3v) is 7.27. The van der Waals surface area contributed by atoms with Crippen LogP contribution in [0, 0.1) is 11.7 Å². The molecule has 0 amide bonds. The van der Waals surface area contributed by atoms with E-state index >= 15 is 0 Å². The second-order valence-electron chi connectivity index (χ2n) is 7.22. The SMILES string of the molecule is Cc1nc2cc([C@H](C)N3CCN(c4ncc([S@](C)(=N)=O)cn4)CC3)ccc2s1. The number of thiazole rings is 1. The molecular weight excluding hydrogens is 392 g/mol. The first-order valence-corrected chi connectivity index (χ1v) is 12.0. The highest BCUT2D eigenvalue weighted by molar-refractivity contribution is 7.91. The fourth-order valence-electron chi connectivity index (χ4n) is 3.51. The minimum atomic E-state index is -2.77. The Hall–Kier alpha value is -2.10. The number of hydrogen-bond donors (Lipinski definition) is 1. The van der Waals surface area contributed by atoms with Crippen LogP contribution < -0.4 is 4.90 Å². The van der Waals surface area contributed by atoms with E-state index in [9.17, 15) is 4.21 Å². The number of piperazine rings is 1. The number of fused-ring (bicyclic) bond motifs is 1. The summed E-state index contributed by atoms with van der Waals surface area (Å²) in [6.07, 6.45) is 4.41. The van der Waals surface area contributed by atoms with Gasteiger partial charge in [0.2, 0.25) is 5.95 Å². The van der Waals surface area contributed by atoms with Gasteiger partial charge in [-0.1, -0.05) is 6.07 Å². The van der Waals surface area contributed by atoms with Crippen LogP contribution in [-0.2, 0) is 9.73 Å². The zero-order chi connectivity index (χ0) is 19.9. The van der Waals surface area contributed by atoms with E-state index in [0.717, 1.165) is 36.7 Å². The second kappa shape index (κ2) is 7.38. The number of aromatic nitrogens is 3. The molecule has 1 aliphatic rings. The Morgan fingerprint density at radius 1 is 1.18 bits per heavy atom. The minimum Gasteiger partial charge on any atom is -0.338 e. The first-order valence-electron chi connectivity index (χ1n) is 9.23. The Morgan fingerprint density at radius 3 is 2.50 bits per heavy atom. The van der Waals surface area contributed by atoms with E-state index in [4.69, 9.17) is 4.78 Å². The molecule has 28 heavy (non-hydrogen) atoms. The van der Waals surface area contributed by atoms with Gasteiger partial charge < -0.3 is 4.90 Å². The Balaban J connectivity index is 1.42. The normalized spacial score (nSPS) is 18.9. The van der Waals surface area contributed by atoms with E-state index in [2.05, 4.69) is 49.9 Å². The summed E-state index contributed by atoms with van der Waals surface area (Å²) in [7, 11) is -2.77. The number of rotatable bonds is 4. The van der Waals surface area contributed by atoms with Crippen molar-refractivity contribution in [1.29, 1.82) is 4.78 Å². The zero-order valence-corrected chi connectivity index (χ0v) is 17.9. The lowest BCUT2D eigenvalue weighted by molar-refractivity contribution is 0.198. The molecule has 1 fully saturated rings. The van der Waals surface area contributed by atoms with Crippen LogP contribution in [0.4, 0.5) is 5.95 Å². The largest absolute Gasteiger partial charge is 0.338 e. The molecule has 3 heterocycles. The molecule has 0 bridgehead atoms. The van der Waals surface area contributed by atoms with E-state index < -0.39 is 9.73 Å². The van der Waals surface area contributed by atoms with Gasteiger partial charge in [-0.3, -0.25) is 4.90 Å². The predicted molar refractivity (Wildman–Crippen MR) is 114 cm³/mol. The van der Waals surface area contributed by atoms with Crippen LogP contribution >= 0.6 is 11.3 Å². The number of hydrogen-bond acceptors (Lipinski definition) is 8. The third kappa shape index (κ3) is 3.87. The van der Waals surface area contributed by atoms with Crippen molar-refractivity contribution in [2.45, 2.75) is 24.8 Å². The van der Waals surface area contributed by atoms with Crippen molar-refractivity contribution in [3.63, 3.8) is 0 Å². The summed E-state index contributed by atoms with van der Waals surface area (Å²) >= 11 is 1.73. The van der Waals surface area contributed by atoms with Crippen LogP contribution in [0.3, 0.4) is 0 Å². The highest BCUT2D eigenvalue weighted by atomic mass is 32.2. The minimum absolute atomic E-state index is 0.324. The summed E-state index contributed by atoms with van der Waals surface area (Å²) in [6.45, 7) is 7.80. The van der Waals surface area contributed by atoms with E-state index in [1.54, 1.807) is 11.3 Å². The molecule has 7 nitrogen and oxygen atoms in total. The van der Waals surface area contributed by atoms with Crippen LogP contribution in [0.25, 0.3) is 10.2 Å². The predicted octanol–water partition coefficient (Wildman–Crippen LogP) is 3.31. The maximum atomic E-state index is 11.8. The molecule has 0 unspecified atom stereocenters. The van der Waals surface area contributed by atoms with Gasteiger partial charge in [0.15, 0.2) is 0 Å². The van der Waals surface area contributed by atoms with E-state index in [-0.39, 0.29) is 0 Å². The average Bonchev–Trinajstić information content (AvgIpc) is 3.06. The summed E-state index contributed by atoms with van der Waals surface area (Å²) < 4.78 is 20.6. The molecule has 0 radical (unpaired) electrons. The first-order chi connectivity index (χ1) is 13.3. The van der Waals surface area contributed by atoms with Crippen molar-refractivity contribution >= 4 is 37.2 Å². The van der Waals surface area contributed by atoms with Gasteiger partial charge in [0.05, 0.1) is 29.8 Å². The van der Waals surface area contributed by atoms with E-state index in [1.165, 1.54) is 28.9 Å². The van der Waals surface area contributed by atoms with Gasteiger partial charge in [0.1, 0.15) is 0 Å². The summed E-state index contributed by atoms with van der Waals surface area (Å²) in [4.78, 5) is 18.2. The highest BCUT2D eigenvalue weighted by Gasteiger charge is 2.24. The molecule has 2 aromatic heterocycles. The summed E-state index contributed by atoms with van der Waals surface area (Å²) in [5.74, 6) is 0.638. The van der Waals surface area contributed by atoms with Crippen LogP contribution in [0.5, 0.6) is 0 Å². The molecule has 0 spiro atoms. The molecule has 4 rings (SSSR count). The van der Waals surface area contributed by atoms with Gasteiger partial charge in [-0.2, -0.15) is 0 Å². The van der Waals surface area contributed by atoms with Crippen LogP contribution in [0.1, 0.15) is 23.5 Å². The maximum absolute atomic E-state index is 11.8. The lowest BCUT2D eigenvalue weighted by Crippen LogP contribution is -2.47. The highest BCUT2D eigenvalue weighted by Crippen LogP contribution is 2.28. The molecule has 2 atom stereocenters. The van der Waals surface area contributed by atoms with Gasteiger partial charge in [-0.15, -0.1) is 11.3 Å². The molecule has 148 valence electrons. The smallest absolute Gasteiger partial charge is 0.225 e. The first kappa shape index (κ1) is 19.2. The van der Waals surface area contributed by atoms with Crippen molar-refractivity contribution in [2.75, 3.05) is 37.3 Å².